The van der Waals surface area contributed by atoms with Gasteiger partial charge in [-0.2, -0.15) is 0 Å². The maximum absolute atomic E-state index is 6.35. The van der Waals surface area contributed by atoms with E-state index in [4.69, 9.17) is 28.2 Å². The van der Waals surface area contributed by atoms with Gasteiger partial charge in [0.2, 0.25) is 0 Å². The Labute approximate surface area is 129 Å². The first-order chi connectivity index (χ1) is 9.70. The Morgan fingerprint density at radius 1 is 1.25 bits per heavy atom. The van der Waals surface area contributed by atoms with E-state index in [2.05, 4.69) is 18.3 Å². The molecule has 20 heavy (non-hydrogen) atoms. The Hall–Kier alpha value is -0.990. The van der Waals surface area contributed by atoms with Gasteiger partial charge in [0.05, 0.1) is 15.6 Å². The van der Waals surface area contributed by atoms with E-state index in [9.17, 15) is 0 Å². The molecule has 1 aliphatic carbocycles. The van der Waals surface area contributed by atoms with Gasteiger partial charge in [-0.05, 0) is 38.0 Å². The normalized spacial score (nSPS) is 15.9. The largest absolute Gasteiger partial charge is 0.385 e. The Bertz CT molecular complexity index is 634. The quantitative estimate of drug-likeness (QED) is 0.794. The molecule has 0 saturated heterocycles. The van der Waals surface area contributed by atoms with Crippen molar-refractivity contribution < 1.29 is 0 Å². The molecule has 1 saturated carbocycles. The smallest absolute Gasteiger partial charge is 0.0927 e. The predicted octanol–water partition coefficient (Wildman–Crippen LogP) is 5.63. The maximum Gasteiger partial charge on any atom is 0.0927 e. The van der Waals surface area contributed by atoms with Crippen molar-refractivity contribution >= 4 is 39.8 Å². The third kappa shape index (κ3) is 2.47. The zero-order valence-corrected chi connectivity index (χ0v) is 13.1. The number of halogens is 2. The van der Waals surface area contributed by atoms with E-state index in [1.54, 1.807) is 0 Å². The lowest BCUT2D eigenvalue weighted by Gasteiger charge is -2.15. The van der Waals surface area contributed by atoms with Gasteiger partial charge >= 0.3 is 0 Å². The first-order valence-corrected chi connectivity index (χ1v) is 7.98. The van der Waals surface area contributed by atoms with Crippen LogP contribution >= 0.6 is 23.2 Å². The van der Waals surface area contributed by atoms with Gasteiger partial charge in [-0.3, -0.25) is 4.98 Å². The highest BCUT2D eigenvalue weighted by atomic mass is 35.5. The Morgan fingerprint density at radius 3 is 2.70 bits per heavy atom. The summed E-state index contributed by atoms with van der Waals surface area (Å²) in [6, 6.07) is 6.02. The molecule has 1 heterocycles. The lowest BCUT2D eigenvalue weighted by Crippen LogP contribution is -2.03. The molecule has 1 aromatic heterocycles. The lowest BCUT2D eigenvalue weighted by molar-refractivity contribution is 0.701. The van der Waals surface area contributed by atoms with Crippen molar-refractivity contribution in [1.29, 1.82) is 0 Å². The van der Waals surface area contributed by atoms with Crippen LogP contribution in [0, 0.1) is 0 Å². The highest BCUT2D eigenvalue weighted by Crippen LogP contribution is 2.38. The number of nitrogens with zero attached hydrogens (tertiary/aromatic N) is 1. The number of fused-ring (bicyclic) bond motifs is 1. The van der Waals surface area contributed by atoms with Gasteiger partial charge < -0.3 is 5.32 Å². The zero-order chi connectivity index (χ0) is 14.1. The molecular weight excluding hydrogens is 291 g/mol. The maximum atomic E-state index is 6.35. The molecule has 1 fully saturated rings. The molecule has 0 bridgehead atoms. The van der Waals surface area contributed by atoms with Gasteiger partial charge in [0.15, 0.2) is 0 Å². The summed E-state index contributed by atoms with van der Waals surface area (Å²) >= 11 is 12.5. The second-order valence-corrected chi connectivity index (χ2v) is 6.15. The molecule has 1 aromatic carbocycles. The SMILES string of the molecule is CCNc1cc(C2CCCC2)nc2c(Cl)c(Cl)ccc12. The number of hydrogen-bond acceptors (Lipinski definition) is 2. The molecule has 4 heteroatoms. The van der Waals surface area contributed by atoms with E-state index in [-0.39, 0.29) is 0 Å². The third-order valence-corrected chi connectivity index (χ3v) is 4.83. The average molecular weight is 309 g/mol. The molecule has 2 aromatic rings. The Morgan fingerprint density at radius 2 is 2.00 bits per heavy atom. The van der Waals surface area contributed by atoms with Gasteiger partial charge in [-0.1, -0.05) is 36.0 Å². The van der Waals surface area contributed by atoms with Crippen molar-refractivity contribution in [3.05, 3.63) is 33.9 Å². The summed E-state index contributed by atoms with van der Waals surface area (Å²) in [5, 5.41) is 5.59. The highest BCUT2D eigenvalue weighted by Gasteiger charge is 2.20. The second kappa shape index (κ2) is 5.79. The van der Waals surface area contributed by atoms with Gasteiger partial charge in [0, 0.05) is 29.2 Å². The van der Waals surface area contributed by atoms with Gasteiger partial charge in [-0.25, -0.2) is 0 Å². The van der Waals surface area contributed by atoms with Gasteiger partial charge in [0.25, 0.3) is 0 Å². The van der Waals surface area contributed by atoms with E-state index in [1.165, 1.54) is 25.7 Å². The highest BCUT2D eigenvalue weighted by molar-refractivity contribution is 6.45. The lowest BCUT2D eigenvalue weighted by atomic mass is 10.0. The number of anilines is 1. The topological polar surface area (TPSA) is 24.9 Å². The number of nitrogens with one attached hydrogen (secondary N) is 1. The Balaban J connectivity index is 2.19. The Kier molecular flexibility index (Phi) is 4.04. The van der Waals surface area contributed by atoms with E-state index in [1.807, 2.05) is 12.1 Å². The van der Waals surface area contributed by atoms with Crippen molar-refractivity contribution in [2.24, 2.45) is 0 Å². The van der Waals surface area contributed by atoms with Crippen LogP contribution in [0.2, 0.25) is 10.0 Å². The monoisotopic (exact) mass is 308 g/mol. The molecule has 106 valence electrons. The van der Waals surface area contributed by atoms with Crippen LogP contribution in [0.4, 0.5) is 5.69 Å². The van der Waals surface area contributed by atoms with Crippen molar-refractivity contribution in [1.82, 2.24) is 4.98 Å². The average Bonchev–Trinajstić information content (AvgIpc) is 2.97. The molecule has 0 radical (unpaired) electrons. The summed E-state index contributed by atoms with van der Waals surface area (Å²) < 4.78 is 0. The molecule has 2 nitrogen and oxygen atoms in total. The van der Waals surface area contributed by atoms with E-state index in [0.29, 0.717) is 16.0 Å². The van der Waals surface area contributed by atoms with Crippen LogP contribution in [-0.4, -0.2) is 11.5 Å². The molecule has 3 rings (SSSR count). The van der Waals surface area contributed by atoms with Crippen LogP contribution in [0.3, 0.4) is 0 Å². The fraction of sp³-hybridized carbons (Fsp3) is 0.438. The van der Waals surface area contributed by atoms with Crippen LogP contribution in [0.1, 0.15) is 44.2 Å². The van der Waals surface area contributed by atoms with E-state index >= 15 is 0 Å². The number of aromatic nitrogens is 1. The molecule has 0 spiro atoms. The molecule has 0 atom stereocenters. The second-order valence-electron chi connectivity index (χ2n) is 5.36. The fourth-order valence-electron chi connectivity index (χ4n) is 3.02. The van der Waals surface area contributed by atoms with Crippen molar-refractivity contribution in [2.75, 3.05) is 11.9 Å². The summed E-state index contributed by atoms with van der Waals surface area (Å²) in [4.78, 5) is 4.80. The zero-order valence-electron chi connectivity index (χ0n) is 11.5. The molecule has 0 aliphatic heterocycles. The van der Waals surface area contributed by atoms with Crippen LogP contribution < -0.4 is 5.32 Å². The summed E-state index contributed by atoms with van der Waals surface area (Å²) in [6.07, 6.45) is 5.04. The minimum atomic E-state index is 0.558. The van der Waals surface area contributed by atoms with E-state index in [0.717, 1.165) is 28.8 Å². The molecule has 1 N–H and O–H groups in total. The van der Waals surface area contributed by atoms with Crippen molar-refractivity contribution in [3.8, 4) is 0 Å². The van der Waals surface area contributed by atoms with Crippen molar-refractivity contribution in [3.63, 3.8) is 0 Å². The minimum Gasteiger partial charge on any atom is -0.385 e. The van der Waals surface area contributed by atoms with Gasteiger partial charge in [0.1, 0.15) is 0 Å². The summed E-state index contributed by atoms with van der Waals surface area (Å²) in [5.74, 6) is 0.562. The number of rotatable bonds is 3. The first-order valence-electron chi connectivity index (χ1n) is 7.23. The van der Waals surface area contributed by atoms with Crippen LogP contribution in [0.15, 0.2) is 18.2 Å². The minimum absolute atomic E-state index is 0.558. The third-order valence-electron chi connectivity index (χ3n) is 4.03. The first kappa shape index (κ1) is 14.0. The number of benzene rings is 1. The predicted molar refractivity (Wildman–Crippen MR) is 87.1 cm³/mol. The van der Waals surface area contributed by atoms with Crippen LogP contribution in [0.25, 0.3) is 10.9 Å². The molecular formula is C16H18Cl2N2. The summed E-state index contributed by atoms with van der Waals surface area (Å²) in [7, 11) is 0. The number of pyridine rings is 1. The number of hydrogen-bond donors (Lipinski definition) is 1. The standard InChI is InChI=1S/C16H18Cl2N2/c1-2-19-14-9-13(10-5-3-4-6-10)20-16-11(14)7-8-12(17)15(16)18/h7-10H,2-6H2,1H3,(H,19,20). The van der Waals surface area contributed by atoms with Crippen molar-refractivity contribution in [2.45, 2.75) is 38.5 Å². The van der Waals surface area contributed by atoms with Crippen LogP contribution in [0.5, 0.6) is 0 Å². The molecule has 0 amide bonds. The summed E-state index contributed by atoms with van der Waals surface area (Å²) in [6.45, 7) is 2.97. The molecule has 1 aliphatic rings. The molecule has 0 unspecified atom stereocenters. The fourth-order valence-corrected chi connectivity index (χ4v) is 3.38. The van der Waals surface area contributed by atoms with Gasteiger partial charge in [-0.15, -0.1) is 0 Å². The summed E-state index contributed by atoms with van der Waals surface area (Å²) in [5.41, 5.74) is 3.08. The van der Waals surface area contributed by atoms with Crippen LogP contribution in [-0.2, 0) is 0 Å². The van der Waals surface area contributed by atoms with E-state index < -0.39 is 0 Å².